The number of halogens is 9. The van der Waals surface area contributed by atoms with Gasteiger partial charge in [0.1, 0.15) is 0 Å². The predicted octanol–water partition coefficient (Wildman–Crippen LogP) is 6.24. The smallest absolute Gasteiger partial charge is 0.389 e. The molecule has 0 radical (unpaired) electrons. The molecule has 5 nitrogen and oxygen atoms in total. The third-order valence-corrected chi connectivity index (χ3v) is 6.90. The van der Waals surface area contributed by atoms with Gasteiger partial charge in [0, 0.05) is 37.0 Å². The fraction of sp³-hybridized carbons (Fsp3) is 0.478. The molecule has 1 fully saturated rings. The maximum Gasteiger partial charge on any atom is 0.435 e. The van der Waals surface area contributed by atoms with Crippen LogP contribution < -0.4 is 0 Å². The summed E-state index contributed by atoms with van der Waals surface area (Å²) < 4.78 is 98.0. The first-order valence-electron chi connectivity index (χ1n) is 10.8. The third-order valence-electron chi connectivity index (χ3n) is 6.10. The average molecular weight is 574 g/mol. The maximum atomic E-state index is 15.2. The quantitative estimate of drug-likeness (QED) is 0.430. The summed E-state index contributed by atoms with van der Waals surface area (Å²) in [6, 6.07) is 3.51. The monoisotopic (exact) mass is 573 g/mol. The number of aliphatic hydroxyl groups is 1. The van der Waals surface area contributed by atoms with E-state index in [1.165, 1.54) is 12.1 Å². The van der Waals surface area contributed by atoms with Gasteiger partial charge in [0.25, 0.3) is 5.60 Å². The van der Waals surface area contributed by atoms with Gasteiger partial charge in [-0.15, -0.1) is 0 Å². The van der Waals surface area contributed by atoms with Crippen LogP contribution >= 0.6 is 23.2 Å². The maximum absolute atomic E-state index is 15.2. The second kappa shape index (κ2) is 8.96. The standard InChI is InChI=1S/C23H20Cl2F7N3O2/c1-19(2,36)9-35-10-20(26,11-35)17-4-3-12(8-33-17)16-7-21(37-34-16,23(30,31)32)13-5-14(22(27,28)29)18(25)15(24)6-13/h3-6,8,36H,7,9-11H2,1-2H3. The molecule has 1 aromatic heterocycles. The molecule has 1 saturated heterocycles. The minimum absolute atomic E-state index is 0.0244. The van der Waals surface area contributed by atoms with Crippen molar-refractivity contribution >= 4 is 28.9 Å². The van der Waals surface area contributed by atoms with Gasteiger partial charge in [-0.05, 0) is 38.1 Å². The highest BCUT2D eigenvalue weighted by Crippen LogP contribution is 2.51. The first kappa shape index (κ1) is 27.9. The van der Waals surface area contributed by atoms with Crippen molar-refractivity contribution < 1.29 is 40.7 Å². The largest absolute Gasteiger partial charge is 0.435 e. The van der Waals surface area contributed by atoms with Gasteiger partial charge in [0.15, 0.2) is 5.67 Å². The lowest BCUT2D eigenvalue weighted by atomic mass is 9.85. The van der Waals surface area contributed by atoms with Gasteiger partial charge in [0.2, 0.25) is 0 Å². The Balaban J connectivity index is 1.59. The number of benzene rings is 1. The van der Waals surface area contributed by atoms with Gasteiger partial charge < -0.3 is 9.94 Å². The zero-order chi connectivity index (χ0) is 27.6. The first-order valence-corrected chi connectivity index (χ1v) is 11.6. The Bertz CT molecular complexity index is 1220. The van der Waals surface area contributed by atoms with Crippen molar-refractivity contribution in [3.05, 3.63) is 62.9 Å². The van der Waals surface area contributed by atoms with Crippen molar-refractivity contribution in [1.82, 2.24) is 9.88 Å². The predicted molar refractivity (Wildman–Crippen MR) is 121 cm³/mol. The lowest BCUT2D eigenvalue weighted by Crippen LogP contribution is -2.60. The van der Waals surface area contributed by atoms with E-state index in [4.69, 9.17) is 28.0 Å². The van der Waals surface area contributed by atoms with Crippen LogP contribution in [-0.4, -0.2) is 52.1 Å². The summed E-state index contributed by atoms with van der Waals surface area (Å²) in [6.07, 6.45) is -10.1. The molecule has 1 aromatic carbocycles. The number of hydrogen-bond donors (Lipinski definition) is 1. The molecule has 0 amide bonds. The molecule has 14 heteroatoms. The van der Waals surface area contributed by atoms with Crippen molar-refractivity contribution in [3.63, 3.8) is 0 Å². The number of nitrogens with zero attached hydrogens (tertiary/aromatic N) is 3. The Hall–Kier alpha value is -2.15. The highest BCUT2D eigenvalue weighted by molar-refractivity contribution is 6.42. The van der Waals surface area contributed by atoms with Crippen LogP contribution in [0.25, 0.3) is 0 Å². The SMILES string of the molecule is CC(C)(O)CN1CC(F)(c2ccc(C3=NOC(c4cc(Cl)c(Cl)c(C(F)(F)F)c4)(C(F)(F)F)C3)cn2)C1. The van der Waals surface area contributed by atoms with Crippen molar-refractivity contribution in [2.45, 2.75) is 49.5 Å². The lowest BCUT2D eigenvalue weighted by molar-refractivity contribution is -0.276. The fourth-order valence-electron chi connectivity index (χ4n) is 4.40. The molecule has 3 heterocycles. The van der Waals surface area contributed by atoms with E-state index in [1.54, 1.807) is 18.7 Å². The summed E-state index contributed by atoms with van der Waals surface area (Å²) in [5.74, 6) is 0. The van der Waals surface area contributed by atoms with E-state index in [0.717, 1.165) is 6.20 Å². The first-order chi connectivity index (χ1) is 16.8. The summed E-state index contributed by atoms with van der Waals surface area (Å²) in [7, 11) is 0. The van der Waals surface area contributed by atoms with E-state index >= 15 is 4.39 Å². The number of β-amino-alcohol motifs (C(OH)–C–C–N with tert-alkyl or cyclic N) is 1. The minimum Gasteiger partial charge on any atom is -0.389 e. The second-order valence-electron chi connectivity index (χ2n) is 9.80. The highest BCUT2D eigenvalue weighted by atomic mass is 35.5. The van der Waals surface area contributed by atoms with E-state index in [1.807, 2.05) is 0 Å². The molecule has 0 saturated carbocycles. The van der Waals surface area contributed by atoms with Gasteiger partial charge >= 0.3 is 12.4 Å². The van der Waals surface area contributed by atoms with Crippen molar-refractivity contribution in [3.8, 4) is 0 Å². The summed E-state index contributed by atoms with van der Waals surface area (Å²) in [6.45, 7) is 3.37. The van der Waals surface area contributed by atoms with Crippen molar-refractivity contribution in [2.75, 3.05) is 19.6 Å². The van der Waals surface area contributed by atoms with Gasteiger partial charge in [0.05, 0.1) is 39.0 Å². The number of hydrogen-bond acceptors (Lipinski definition) is 5. The molecule has 0 aliphatic carbocycles. The summed E-state index contributed by atoms with van der Waals surface area (Å²) >= 11 is 11.3. The molecule has 1 atom stereocenters. The van der Waals surface area contributed by atoms with Crippen LogP contribution in [0, 0.1) is 0 Å². The number of oxime groups is 1. The normalized spacial score (nSPS) is 22.4. The topological polar surface area (TPSA) is 58.0 Å². The van der Waals surface area contributed by atoms with Crippen molar-refractivity contribution in [1.29, 1.82) is 0 Å². The second-order valence-corrected chi connectivity index (χ2v) is 10.6. The molecule has 4 rings (SSSR count). The van der Waals surface area contributed by atoms with Gasteiger partial charge in [-0.25, -0.2) is 4.39 Å². The molecule has 0 bridgehead atoms. The molecule has 0 spiro atoms. The van der Waals surface area contributed by atoms with Gasteiger partial charge in [-0.2, -0.15) is 26.3 Å². The number of aromatic nitrogens is 1. The number of alkyl halides is 7. The average Bonchev–Trinajstić information content (AvgIpc) is 3.19. The van der Waals surface area contributed by atoms with Crippen LogP contribution in [0.5, 0.6) is 0 Å². The van der Waals surface area contributed by atoms with Crippen LogP contribution in [0.2, 0.25) is 10.0 Å². The molecule has 2 aliphatic rings. The minimum atomic E-state index is -5.19. The summed E-state index contributed by atoms with van der Waals surface area (Å²) in [5, 5.41) is 11.7. The van der Waals surface area contributed by atoms with Crippen molar-refractivity contribution in [2.24, 2.45) is 5.16 Å². The van der Waals surface area contributed by atoms with Crippen LogP contribution in [0.4, 0.5) is 30.7 Å². The van der Waals surface area contributed by atoms with Gasteiger partial charge in [-0.1, -0.05) is 28.4 Å². The fourth-order valence-corrected chi connectivity index (χ4v) is 4.84. The number of likely N-dealkylation sites (tertiary alicyclic amines) is 1. The Morgan fingerprint density at radius 2 is 1.73 bits per heavy atom. The van der Waals surface area contributed by atoms with Crippen LogP contribution in [0.15, 0.2) is 35.6 Å². The molecular weight excluding hydrogens is 554 g/mol. The lowest BCUT2D eigenvalue weighted by Gasteiger charge is -2.46. The zero-order valence-corrected chi connectivity index (χ0v) is 20.8. The Morgan fingerprint density at radius 1 is 1.08 bits per heavy atom. The molecule has 202 valence electrons. The highest BCUT2D eigenvalue weighted by Gasteiger charge is 2.63. The third kappa shape index (κ3) is 5.25. The molecule has 2 aromatic rings. The van der Waals surface area contributed by atoms with E-state index in [2.05, 4.69) is 10.1 Å². The van der Waals surface area contributed by atoms with Crippen LogP contribution in [0.1, 0.15) is 42.7 Å². The van der Waals surface area contributed by atoms with E-state index < -0.39 is 56.8 Å². The number of pyridine rings is 1. The molecule has 2 aliphatic heterocycles. The van der Waals surface area contributed by atoms with E-state index in [-0.39, 0.29) is 42.7 Å². The molecule has 37 heavy (non-hydrogen) atoms. The zero-order valence-electron chi connectivity index (χ0n) is 19.3. The Kier molecular flexibility index (Phi) is 6.75. The molecule has 1 N–H and O–H groups in total. The van der Waals surface area contributed by atoms with Gasteiger partial charge in [-0.3, -0.25) is 9.88 Å². The summed E-state index contributed by atoms with van der Waals surface area (Å²) in [5.41, 5.74) is -8.68. The molecule has 1 unspecified atom stereocenters. The van der Waals surface area contributed by atoms with Crippen LogP contribution in [-0.2, 0) is 22.3 Å². The van der Waals surface area contributed by atoms with Crippen LogP contribution in [0.3, 0.4) is 0 Å². The summed E-state index contributed by atoms with van der Waals surface area (Å²) in [4.78, 5) is 10.5. The van der Waals surface area contributed by atoms with E-state index in [9.17, 15) is 31.4 Å². The Morgan fingerprint density at radius 3 is 2.24 bits per heavy atom. The molecular formula is C23H20Cl2F7N3O2. The Labute approximate surface area is 216 Å². The van der Waals surface area contributed by atoms with E-state index in [0.29, 0.717) is 6.07 Å². The number of rotatable bonds is 5.